The Morgan fingerprint density at radius 1 is 1.06 bits per heavy atom. The Hall–Kier alpha value is -4.08. The number of esters is 1. The van der Waals surface area contributed by atoms with Crippen LogP contribution in [0.3, 0.4) is 0 Å². The second kappa shape index (κ2) is 11.3. The zero-order chi connectivity index (χ0) is 23.7. The molecule has 2 amide bonds. The van der Waals surface area contributed by atoms with E-state index in [9.17, 15) is 24.5 Å². The maximum atomic E-state index is 12.7. The average Bonchev–Trinajstić information content (AvgIpc) is 2.76. The van der Waals surface area contributed by atoms with E-state index in [2.05, 4.69) is 15.8 Å². The maximum absolute atomic E-state index is 12.7. The van der Waals surface area contributed by atoms with Crippen molar-refractivity contribution in [2.45, 2.75) is 26.7 Å². The Bertz CT molecular complexity index is 1000. The molecule has 0 saturated carbocycles. The van der Waals surface area contributed by atoms with Crippen molar-refractivity contribution in [3.63, 3.8) is 0 Å². The number of para-hydroxylation sites is 1. The number of nitro benzene ring substituents is 1. The van der Waals surface area contributed by atoms with Gasteiger partial charge in [-0.05, 0) is 38.5 Å². The molecule has 0 fully saturated rings. The molecule has 0 aromatic heterocycles. The van der Waals surface area contributed by atoms with Gasteiger partial charge < -0.3 is 10.1 Å². The zero-order valence-electron chi connectivity index (χ0n) is 17.9. The summed E-state index contributed by atoms with van der Waals surface area (Å²) in [7, 11) is 0. The monoisotopic (exact) mass is 440 g/mol. The van der Waals surface area contributed by atoms with E-state index in [1.807, 2.05) is 0 Å². The number of carbonyl (C=O) groups excluding carboxylic acids is 3. The van der Waals surface area contributed by atoms with Crippen molar-refractivity contribution in [2.24, 2.45) is 11.0 Å². The molecule has 2 aromatic rings. The minimum atomic E-state index is -1.13. The number of anilines is 1. The van der Waals surface area contributed by atoms with Crippen LogP contribution in [0.5, 0.6) is 0 Å². The fourth-order valence-electron chi connectivity index (χ4n) is 3.13. The lowest BCUT2D eigenvalue weighted by Crippen LogP contribution is -2.36. The van der Waals surface area contributed by atoms with Gasteiger partial charge in [-0.15, -0.1) is 0 Å². The first-order chi connectivity index (χ1) is 15.2. The molecule has 2 N–H and O–H groups in total. The molecular weight excluding hydrogens is 416 g/mol. The molecule has 0 heterocycles. The Kier molecular flexibility index (Phi) is 8.58. The van der Waals surface area contributed by atoms with E-state index in [1.165, 1.54) is 38.1 Å². The van der Waals surface area contributed by atoms with Crippen LogP contribution >= 0.6 is 0 Å². The molecule has 168 valence electrons. The van der Waals surface area contributed by atoms with Crippen LogP contribution in [0.25, 0.3) is 0 Å². The van der Waals surface area contributed by atoms with E-state index in [0.717, 1.165) is 0 Å². The standard InChI is InChI=1S/C22H24N4O6/c1-4-32-21(28)19(14(2)24-25-22(29)23-17-8-6-5-7-9-17)20(15(3)27)16-10-12-18(13-11-16)26(30)31/h5-13,19-20H,4H2,1-3H3,(H2,23,25,29)/b24-14+. The number of rotatable bonds is 9. The van der Waals surface area contributed by atoms with Gasteiger partial charge in [0, 0.05) is 17.8 Å². The van der Waals surface area contributed by atoms with Gasteiger partial charge in [0.1, 0.15) is 11.7 Å². The van der Waals surface area contributed by atoms with Gasteiger partial charge in [0.15, 0.2) is 0 Å². The van der Waals surface area contributed by atoms with Crippen LogP contribution in [0.2, 0.25) is 0 Å². The molecule has 0 radical (unpaired) electrons. The lowest BCUT2D eigenvalue weighted by atomic mass is 9.80. The van der Waals surface area contributed by atoms with Crippen molar-refractivity contribution in [1.29, 1.82) is 0 Å². The molecule has 0 bridgehead atoms. The number of urea groups is 1. The number of nitrogens with zero attached hydrogens (tertiary/aromatic N) is 2. The summed E-state index contributed by atoms with van der Waals surface area (Å²) in [4.78, 5) is 47.7. The van der Waals surface area contributed by atoms with E-state index in [-0.39, 0.29) is 23.8 Å². The molecule has 10 nitrogen and oxygen atoms in total. The van der Waals surface area contributed by atoms with Crippen molar-refractivity contribution in [3.8, 4) is 0 Å². The summed E-state index contributed by atoms with van der Waals surface area (Å²) in [5.41, 5.74) is 3.25. The van der Waals surface area contributed by atoms with Crippen molar-refractivity contribution < 1.29 is 24.0 Å². The minimum absolute atomic E-state index is 0.0788. The first kappa shape index (κ1) is 24.2. The Balaban J connectivity index is 2.31. The lowest BCUT2D eigenvalue weighted by molar-refractivity contribution is -0.384. The molecule has 2 atom stereocenters. The molecule has 0 aliphatic carbocycles. The number of carbonyl (C=O) groups is 3. The second-order valence-electron chi connectivity index (χ2n) is 6.85. The second-order valence-corrected chi connectivity index (χ2v) is 6.85. The first-order valence-electron chi connectivity index (χ1n) is 9.82. The van der Waals surface area contributed by atoms with Crippen molar-refractivity contribution in [1.82, 2.24) is 5.43 Å². The van der Waals surface area contributed by atoms with E-state index in [1.54, 1.807) is 37.3 Å². The molecule has 0 saturated heterocycles. The highest BCUT2D eigenvalue weighted by molar-refractivity contribution is 6.07. The average molecular weight is 440 g/mol. The van der Waals surface area contributed by atoms with Gasteiger partial charge in [-0.1, -0.05) is 30.3 Å². The number of nitrogens with one attached hydrogen (secondary N) is 2. The number of ether oxygens (including phenoxy) is 1. The summed E-state index contributed by atoms with van der Waals surface area (Å²) in [5, 5.41) is 17.5. The minimum Gasteiger partial charge on any atom is -0.465 e. The topological polar surface area (TPSA) is 140 Å². The van der Waals surface area contributed by atoms with Gasteiger partial charge in [-0.2, -0.15) is 5.10 Å². The van der Waals surface area contributed by atoms with Crippen LogP contribution < -0.4 is 10.7 Å². The van der Waals surface area contributed by atoms with Crippen LogP contribution in [0.4, 0.5) is 16.2 Å². The normalized spacial score (nSPS) is 12.9. The van der Waals surface area contributed by atoms with Crippen molar-refractivity contribution >= 4 is 34.9 Å². The zero-order valence-corrected chi connectivity index (χ0v) is 17.9. The molecule has 2 unspecified atom stereocenters. The molecule has 2 aromatic carbocycles. The van der Waals surface area contributed by atoms with E-state index in [4.69, 9.17) is 4.74 Å². The van der Waals surface area contributed by atoms with Crippen LogP contribution in [-0.2, 0) is 14.3 Å². The SMILES string of the molecule is CCOC(=O)C(/C(C)=N/NC(=O)Nc1ccccc1)C(C(C)=O)c1ccc([N+](=O)[O-])cc1. The highest BCUT2D eigenvalue weighted by Gasteiger charge is 2.37. The Morgan fingerprint density at radius 2 is 1.69 bits per heavy atom. The van der Waals surface area contributed by atoms with Crippen LogP contribution in [0.15, 0.2) is 59.7 Å². The van der Waals surface area contributed by atoms with Gasteiger partial charge in [0.2, 0.25) is 0 Å². The number of hydrogen-bond donors (Lipinski definition) is 2. The summed E-state index contributed by atoms with van der Waals surface area (Å²) in [6.07, 6.45) is 0. The van der Waals surface area contributed by atoms with Gasteiger partial charge in [0.05, 0.1) is 23.2 Å². The molecule has 0 aliphatic heterocycles. The summed E-state index contributed by atoms with van der Waals surface area (Å²) in [5.74, 6) is -3.19. The molecule has 0 aliphatic rings. The quantitative estimate of drug-likeness (QED) is 0.264. The number of amides is 2. The molecule has 10 heteroatoms. The van der Waals surface area contributed by atoms with Gasteiger partial charge >= 0.3 is 12.0 Å². The highest BCUT2D eigenvalue weighted by Crippen LogP contribution is 2.30. The van der Waals surface area contributed by atoms with Crippen LogP contribution in [0, 0.1) is 16.0 Å². The third-order valence-corrected chi connectivity index (χ3v) is 4.59. The Labute approximate surface area is 184 Å². The fourth-order valence-corrected chi connectivity index (χ4v) is 3.13. The molecule has 0 spiro atoms. The lowest BCUT2D eigenvalue weighted by Gasteiger charge is -2.24. The largest absolute Gasteiger partial charge is 0.465 e. The summed E-state index contributed by atoms with van der Waals surface area (Å²) in [6.45, 7) is 4.50. The first-order valence-corrected chi connectivity index (χ1v) is 9.82. The number of benzene rings is 2. The number of hydrogen-bond acceptors (Lipinski definition) is 7. The van der Waals surface area contributed by atoms with Gasteiger partial charge in [-0.25, -0.2) is 10.2 Å². The van der Waals surface area contributed by atoms with E-state index >= 15 is 0 Å². The van der Waals surface area contributed by atoms with E-state index in [0.29, 0.717) is 11.3 Å². The predicted octanol–water partition coefficient (Wildman–Crippen LogP) is 3.64. The fraction of sp³-hybridized carbons (Fsp3) is 0.273. The molecular formula is C22H24N4O6. The number of nitro groups is 1. The summed E-state index contributed by atoms with van der Waals surface area (Å²) in [6, 6.07) is 13.4. The molecule has 32 heavy (non-hydrogen) atoms. The van der Waals surface area contributed by atoms with Gasteiger partial charge in [-0.3, -0.25) is 19.7 Å². The number of non-ortho nitro benzene ring substituents is 1. The third-order valence-electron chi connectivity index (χ3n) is 4.59. The van der Waals surface area contributed by atoms with Gasteiger partial charge in [0.25, 0.3) is 5.69 Å². The summed E-state index contributed by atoms with van der Waals surface area (Å²) < 4.78 is 5.13. The maximum Gasteiger partial charge on any atom is 0.339 e. The van der Waals surface area contributed by atoms with Crippen molar-refractivity contribution in [2.75, 3.05) is 11.9 Å². The summed E-state index contributed by atoms with van der Waals surface area (Å²) >= 11 is 0. The highest BCUT2D eigenvalue weighted by atomic mass is 16.6. The third kappa shape index (κ3) is 6.46. The Morgan fingerprint density at radius 3 is 2.22 bits per heavy atom. The van der Waals surface area contributed by atoms with Crippen LogP contribution in [-0.4, -0.2) is 35.0 Å². The predicted molar refractivity (Wildman–Crippen MR) is 118 cm³/mol. The van der Waals surface area contributed by atoms with Crippen LogP contribution in [0.1, 0.15) is 32.3 Å². The van der Waals surface area contributed by atoms with Crippen molar-refractivity contribution in [3.05, 3.63) is 70.3 Å². The number of hydrazone groups is 1. The number of ketones is 1. The van der Waals surface area contributed by atoms with E-state index < -0.39 is 28.8 Å². The number of Topliss-reactive ketones (excluding diaryl/α,β-unsaturated/α-hetero) is 1. The smallest absolute Gasteiger partial charge is 0.339 e. The molecule has 2 rings (SSSR count).